The first kappa shape index (κ1) is 51.9. The molecule has 1 saturated heterocycles. The van der Waals surface area contributed by atoms with E-state index < -0.39 is 29.5 Å². The number of likely N-dealkylation sites (tertiary alicyclic amines) is 1. The van der Waals surface area contributed by atoms with Crippen molar-refractivity contribution in [3.8, 4) is 49.3 Å². The van der Waals surface area contributed by atoms with E-state index in [0.717, 1.165) is 65.3 Å². The van der Waals surface area contributed by atoms with E-state index in [9.17, 15) is 34.5 Å². The molecule has 0 saturated carbocycles. The largest absolute Gasteiger partial charge is 0.508 e. The van der Waals surface area contributed by atoms with Crippen LogP contribution in [0.25, 0.3) is 42.1 Å². The van der Waals surface area contributed by atoms with Crippen molar-refractivity contribution < 1.29 is 39.2 Å². The van der Waals surface area contributed by atoms with E-state index in [1.54, 1.807) is 65.3 Å². The SMILES string of the molecule is Cc1ncsc1-c1ccc([C@H](C)NC(=O)[C@@H]2C[C@@H](O)CN2C(=O)[C@@H](NC(=O)CCCCCOc2ccc(/C=N/NC(=O)c3ccc(-c4c(-c5ccc(O)cc5)sc5cc(O)ccc45)cc3)cc2)C(C)(C)C)cc1. The minimum absolute atomic E-state index is 0.00176. The number of thiophene rings is 1. The lowest BCUT2D eigenvalue weighted by Crippen LogP contribution is -2.57. The lowest BCUT2D eigenvalue weighted by Gasteiger charge is -2.35. The zero-order chi connectivity index (χ0) is 51.8. The van der Waals surface area contributed by atoms with Crippen molar-refractivity contribution in [2.24, 2.45) is 10.5 Å². The number of rotatable bonds is 18. The number of unbranched alkanes of at least 4 members (excludes halogenated alkanes) is 2. The van der Waals surface area contributed by atoms with Gasteiger partial charge in [0.25, 0.3) is 5.91 Å². The topological polar surface area (TPSA) is 203 Å². The molecule has 0 unspecified atom stereocenters. The van der Waals surface area contributed by atoms with Gasteiger partial charge in [-0.25, -0.2) is 10.4 Å². The fraction of sp³-hybridized carbons (Fsp3) is 0.298. The number of aromatic nitrogens is 1. The van der Waals surface area contributed by atoms with E-state index in [2.05, 4.69) is 26.1 Å². The molecule has 2 aromatic heterocycles. The smallest absolute Gasteiger partial charge is 0.271 e. The summed E-state index contributed by atoms with van der Waals surface area (Å²) in [6.45, 7) is 9.89. The predicted octanol–water partition coefficient (Wildman–Crippen LogP) is 10.2. The molecule has 7 aromatic rings. The van der Waals surface area contributed by atoms with Gasteiger partial charge in [0.05, 0.1) is 41.0 Å². The van der Waals surface area contributed by atoms with Crippen LogP contribution in [0.5, 0.6) is 17.2 Å². The highest BCUT2D eigenvalue weighted by atomic mass is 32.1. The van der Waals surface area contributed by atoms with Crippen molar-refractivity contribution in [1.82, 2.24) is 25.9 Å². The first-order valence-corrected chi connectivity index (χ1v) is 26.0. The molecule has 0 radical (unpaired) electrons. The molecule has 1 aliphatic rings. The first-order chi connectivity index (χ1) is 35.0. The Balaban J connectivity index is 0.759. The Morgan fingerprint density at radius 3 is 2.19 bits per heavy atom. The number of aliphatic hydroxyl groups is 1. The number of hydrogen-bond acceptors (Lipinski definition) is 12. The summed E-state index contributed by atoms with van der Waals surface area (Å²) in [6, 6.07) is 32.6. The van der Waals surface area contributed by atoms with Crippen molar-refractivity contribution in [2.45, 2.75) is 91.0 Å². The Morgan fingerprint density at radius 2 is 1.51 bits per heavy atom. The van der Waals surface area contributed by atoms with Crippen molar-refractivity contribution in [3.63, 3.8) is 0 Å². The number of phenols is 2. The van der Waals surface area contributed by atoms with Gasteiger partial charge < -0.3 is 35.6 Å². The number of carbonyl (C=O) groups excluding carboxylic acids is 4. The average Bonchev–Trinajstić information content (AvgIpc) is 4.10. The first-order valence-electron chi connectivity index (χ1n) is 24.3. The second-order valence-electron chi connectivity index (χ2n) is 19.4. The minimum atomic E-state index is -0.906. The molecule has 16 heteroatoms. The van der Waals surface area contributed by atoms with Gasteiger partial charge in [-0.2, -0.15) is 5.10 Å². The molecule has 0 bridgehead atoms. The molecular weight excluding hydrogens is 961 g/mol. The minimum Gasteiger partial charge on any atom is -0.508 e. The molecule has 0 spiro atoms. The van der Waals surface area contributed by atoms with Crippen LogP contribution >= 0.6 is 22.7 Å². The summed E-state index contributed by atoms with van der Waals surface area (Å²) in [5.74, 6) is -0.377. The number of ether oxygens (including phenoxy) is 1. The van der Waals surface area contributed by atoms with Gasteiger partial charge in [0.1, 0.15) is 29.3 Å². The monoisotopic (exact) mass is 1020 g/mol. The van der Waals surface area contributed by atoms with Crippen LogP contribution in [0.2, 0.25) is 0 Å². The second kappa shape index (κ2) is 23.0. The van der Waals surface area contributed by atoms with Crippen LogP contribution in [0, 0.1) is 12.3 Å². The molecule has 5 aromatic carbocycles. The van der Waals surface area contributed by atoms with Gasteiger partial charge >= 0.3 is 0 Å². The van der Waals surface area contributed by atoms with E-state index in [1.807, 2.05) is 119 Å². The van der Waals surface area contributed by atoms with Crippen LogP contribution < -0.4 is 20.8 Å². The zero-order valence-corrected chi connectivity index (χ0v) is 43.1. The van der Waals surface area contributed by atoms with Gasteiger partial charge in [-0.3, -0.25) is 19.2 Å². The van der Waals surface area contributed by atoms with Crippen molar-refractivity contribution in [3.05, 3.63) is 143 Å². The summed E-state index contributed by atoms with van der Waals surface area (Å²) in [5.41, 5.74) is 10.6. The number of nitrogens with zero attached hydrogens (tertiary/aromatic N) is 3. The number of aryl methyl sites for hydroxylation is 1. The Morgan fingerprint density at radius 1 is 0.836 bits per heavy atom. The Bertz CT molecular complexity index is 3090. The molecule has 14 nitrogen and oxygen atoms in total. The highest BCUT2D eigenvalue weighted by molar-refractivity contribution is 7.23. The fourth-order valence-corrected chi connectivity index (χ4v) is 10.9. The second-order valence-corrected chi connectivity index (χ2v) is 21.3. The maximum absolute atomic E-state index is 14.1. The maximum atomic E-state index is 14.1. The van der Waals surface area contributed by atoms with Crippen LogP contribution in [0.15, 0.2) is 126 Å². The lowest BCUT2D eigenvalue weighted by molar-refractivity contribution is -0.144. The van der Waals surface area contributed by atoms with Gasteiger partial charge in [-0.1, -0.05) is 57.2 Å². The third-order valence-corrected chi connectivity index (χ3v) is 15.1. The van der Waals surface area contributed by atoms with E-state index in [-0.39, 0.29) is 54.6 Å². The summed E-state index contributed by atoms with van der Waals surface area (Å²) in [6.07, 6.45) is 3.01. The molecule has 4 atom stereocenters. The number of amides is 4. The van der Waals surface area contributed by atoms with E-state index in [4.69, 9.17) is 4.74 Å². The quantitative estimate of drug-likeness (QED) is 0.0275. The van der Waals surface area contributed by atoms with Gasteiger partial charge in [0.2, 0.25) is 17.7 Å². The van der Waals surface area contributed by atoms with Gasteiger partial charge in [0.15, 0.2) is 0 Å². The number of fused-ring (bicyclic) bond motifs is 1. The fourth-order valence-electron chi connectivity index (χ4n) is 8.86. The molecule has 73 heavy (non-hydrogen) atoms. The summed E-state index contributed by atoms with van der Waals surface area (Å²) in [5, 5.41) is 41.8. The third kappa shape index (κ3) is 12.8. The summed E-state index contributed by atoms with van der Waals surface area (Å²) < 4.78 is 6.85. The number of hydrogen-bond donors (Lipinski definition) is 6. The van der Waals surface area contributed by atoms with Crippen LogP contribution in [0.1, 0.15) is 93.0 Å². The molecule has 0 aliphatic carbocycles. The number of carbonyl (C=O) groups is 4. The molecule has 1 fully saturated rings. The average molecular weight is 1020 g/mol. The Kier molecular flexibility index (Phi) is 16.4. The van der Waals surface area contributed by atoms with Crippen molar-refractivity contribution in [2.75, 3.05) is 13.2 Å². The molecular formula is C57H60N6O8S2. The number of aliphatic hydroxyl groups excluding tert-OH is 1. The van der Waals surface area contributed by atoms with Crippen molar-refractivity contribution in [1.29, 1.82) is 0 Å². The predicted molar refractivity (Wildman–Crippen MR) is 288 cm³/mol. The number of benzene rings is 5. The number of β-amino-alcohol motifs (C(OH)–C–C–N with tert-alkyl or cyclic N) is 1. The van der Waals surface area contributed by atoms with Gasteiger partial charge in [-0.05, 0) is 145 Å². The van der Waals surface area contributed by atoms with Gasteiger partial charge in [-0.15, -0.1) is 22.7 Å². The highest BCUT2D eigenvalue weighted by Crippen LogP contribution is 2.46. The Labute approximate surface area is 432 Å². The number of aromatic hydroxyl groups is 2. The Hall–Kier alpha value is -7.40. The highest BCUT2D eigenvalue weighted by Gasteiger charge is 2.44. The van der Waals surface area contributed by atoms with Crippen LogP contribution in [-0.4, -0.2) is 86.4 Å². The maximum Gasteiger partial charge on any atom is 0.271 e. The number of phenolic OH excluding ortho intramolecular Hbond substituents is 2. The number of hydrazone groups is 1. The van der Waals surface area contributed by atoms with Crippen molar-refractivity contribution >= 4 is 62.6 Å². The third-order valence-electron chi connectivity index (χ3n) is 12.9. The normalized spacial score (nSPS) is 15.6. The van der Waals surface area contributed by atoms with E-state index in [1.165, 1.54) is 4.90 Å². The number of thiazole rings is 1. The summed E-state index contributed by atoms with van der Waals surface area (Å²) >= 11 is 3.12. The summed E-state index contributed by atoms with van der Waals surface area (Å²) in [7, 11) is 0. The van der Waals surface area contributed by atoms with Crippen LogP contribution in [-0.2, 0) is 14.4 Å². The molecule has 378 valence electrons. The van der Waals surface area contributed by atoms with Crippen LogP contribution in [0.4, 0.5) is 0 Å². The van der Waals surface area contributed by atoms with Crippen LogP contribution in [0.3, 0.4) is 0 Å². The molecule has 6 N–H and O–H groups in total. The summed E-state index contributed by atoms with van der Waals surface area (Å²) in [4.78, 5) is 61.9. The van der Waals surface area contributed by atoms with Gasteiger partial charge in [0, 0.05) is 45.5 Å². The molecule has 8 rings (SSSR count). The molecule has 3 heterocycles. The lowest BCUT2D eigenvalue weighted by atomic mass is 9.85. The molecule has 4 amide bonds. The van der Waals surface area contributed by atoms with E-state index in [0.29, 0.717) is 30.8 Å². The van der Waals surface area contributed by atoms with E-state index >= 15 is 0 Å². The zero-order valence-electron chi connectivity index (χ0n) is 41.4. The molecule has 1 aliphatic heterocycles. The standard InChI is InChI=1S/C57H60N6O8S2/c1-34(37-12-16-39(17-13-37)51-35(2)58-33-72-51)60-55(69)47-29-44(66)32-63(47)56(70)53(57(3,4)5)61-49(67)9-7-6-8-28-71-45-25-10-36(11-26-45)31-59-62-54(68)41-18-14-38(15-19-41)50-46-27-24-43(65)30-48(46)73-52(50)40-20-22-42(64)23-21-40/h10-27,30-31,33-34,44,47,53,64-66H,6-9,28-29,32H2,1-5H3,(H,60,69)(H,61,67)(H,62,68)/b59-31+/t34-,44+,47-,53+/m0/s1. The number of nitrogens with one attached hydrogen (secondary N) is 3.